The molecule has 0 bridgehead atoms. The molecule has 3 nitrogen and oxygen atoms in total. The molecule has 0 saturated heterocycles. The highest BCUT2D eigenvalue weighted by molar-refractivity contribution is 7.24. The molecule has 3 aromatic rings. The van der Waals surface area contributed by atoms with Crippen LogP contribution in [0, 0.1) is 0 Å². The Hall–Kier alpha value is -2.24. The van der Waals surface area contributed by atoms with Crippen molar-refractivity contribution in [1.29, 1.82) is 0 Å². The van der Waals surface area contributed by atoms with E-state index < -0.39 is 5.97 Å². The van der Waals surface area contributed by atoms with Crippen molar-refractivity contribution < 1.29 is 14.7 Å². The lowest BCUT2D eigenvalue weighted by molar-refractivity contribution is 0.0702. The van der Waals surface area contributed by atoms with Gasteiger partial charge >= 0.3 is 5.97 Å². The second-order valence-corrected chi connectivity index (χ2v) is 7.19. The molecule has 0 amide bonds. The van der Waals surface area contributed by atoms with Crippen LogP contribution in [0.15, 0.2) is 42.5 Å². The average molecular weight is 342 g/mol. The predicted octanol–water partition coefficient (Wildman–Crippen LogP) is 5.22. The van der Waals surface area contributed by atoms with E-state index in [-0.39, 0.29) is 0 Å². The van der Waals surface area contributed by atoms with Gasteiger partial charge in [-0.05, 0) is 47.9 Å². The van der Waals surface area contributed by atoms with Crippen LogP contribution in [0.1, 0.15) is 32.5 Å². The molecule has 23 heavy (non-hydrogen) atoms. The van der Waals surface area contributed by atoms with Gasteiger partial charge in [0, 0.05) is 20.2 Å². The summed E-state index contributed by atoms with van der Waals surface area (Å²) in [7, 11) is 0. The van der Waals surface area contributed by atoms with Crippen molar-refractivity contribution in [3.8, 4) is 20.2 Å². The molecule has 2 aromatic heterocycles. The van der Waals surface area contributed by atoms with E-state index in [0.29, 0.717) is 4.88 Å². The van der Waals surface area contributed by atoms with Crippen LogP contribution < -0.4 is 0 Å². The molecule has 0 unspecified atom stereocenters. The molecule has 0 fully saturated rings. The van der Waals surface area contributed by atoms with Crippen molar-refractivity contribution >= 4 is 34.9 Å². The third-order valence-electron chi connectivity index (χ3n) is 3.60. The maximum Gasteiger partial charge on any atom is 0.345 e. The fourth-order valence-electron chi connectivity index (χ4n) is 2.39. The predicted molar refractivity (Wildman–Crippen MR) is 94.8 cm³/mol. The summed E-state index contributed by atoms with van der Waals surface area (Å²) >= 11 is 2.91. The Morgan fingerprint density at radius 2 is 1.74 bits per heavy atom. The maximum absolute atomic E-state index is 11.0. The standard InChI is InChI=1S/C18H14O3S2/c1-2-11-9-12(3-4-13(11)10-19)14-5-6-15(22-14)16-7-8-17(23-16)18(20)21/h3-10H,2H2,1H3,(H,20,21). The first-order chi connectivity index (χ1) is 11.1. The highest BCUT2D eigenvalue weighted by Crippen LogP contribution is 2.38. The van der Waals surface area contributed by atoms with E-state index in [1.165, 1.54) is 11.3 Å². The Kier molecular flexibility index (Phi) is 4.41. The summed E-state index contributed by atoms with van der Waals surface area (Å²) in [4.78, 5) is 25.5. The van der Waals surface area contributed by atoms with Gasteiger partial charge in [0.15, 0.2) is 0 Å². The van der Waals surface area contributed by atoms with Crippen molar-refractivity contribution in [1.82, 2.24) is 0 Å². The van der Waals surface area contributed by atoms with Gasteiger partial charge in [0.25, 0.3) is 0 Å². The molecule has 1 N–H and O–H groups in total. The summed E-state index contributed by atoms with van der Waals surface area (Å²) < 4.78 is 0. The lowest BCUT2D eigenvalue weighted by Crippen LogP contribution is -1.90. The zero-order valence-electron chi connectivity index (χ0n) is 12.4. The van der Waals surface area contributed by atoms with Gasteiger partial charge in [-0.2, -0.15) is 0 Å². The van der Waals surface area contributed by atoms with E-state index in [1.807, 2.05) is 37.3 Å². The fourth-order valence-corrected chi connectivity index (χ4v) is 4.33. The Labute approximate surface area is 141 Å². The van der Waals surface area contributed by atoms with Crippen LogP contribution in [0.3, 0.4) is 0 Å². The first kappa shape index (κ1) is 15.6. The third kappa shape index (κ3) is 3.11. The van der Waals surface area contributed by atoms with Gasteiger partial charge < -0.3 is 5.11 Å². The third-order valence-corrected chi connectivity index (χ3v) is 6.00. The summed E-state index contributed by atoms with van der Waals surface area (Å²) in [5.74, 6) is -0.893. The Morgan fingerprint density at radius 1 is 1.04 bits per heavy atom. The van der Waals surface area contributed by atoms with Crippen molar-refractivity contribution in [2.75, 3.05) is 0 Å². The van der Waals surface area contributed by atoms with Crippen LogP contribution >= 0.6 is 22.7 Å². The number of thiophene rings is 2. The van der Waals surface area contributed by atoms with E-state index in [9.17, 15) is 9.59 Å². The second-order valence-electron chi connectivity index (χ2n) is 5.02. The number of carbonyl (C=O) groups excluding carboxylic acids is 1. The van der Waals surface area contributed by atoms with E-state index in [2.05, 4.69) is 6.07 Å². The van der Waals surface area contributed by atoms with Crippen molar-refractivity contribution in [2.45, 2.75) is 13.3 Å². The lowest BCUT2D eigenvalue weighted by Gasteiger charge is -2.04. The lowest BCUT2D eigenvalue weighted by atomic mass is 10.0. The Bertz CT molecular complexity index is 874. The number of aldehydes is 1. The zero-order valence-corrected chi connectivity index (χ0v) is 14.0. The second kappa shape index (κ2) is 6.48. The number of carbonyl (C=O) groups is 2. The van der Waals surface area contributed by atoms with E-state index in [1.54, 1.807) is 17.4 Å². The first-order valence-electron chi connectivity index (χ1n) is 7.14. The number of carboxylic acid groups (broad SMARTS) is 1. The molecule has 0 aliphatic rings. The number of benzene rings is 1. The van der Waals surface area contributed by atoms with E-state index >= 15 is 0 Å². The summed E-state index contributed by atoms with van der Waals surface area (Å²) in [5, 5.41) is 9.02. The normalized spacial score (nSPS) is 10.7. The smallest absolute Gasteiger partial charge is 0.345 e. The molecule has 0 aliphatic carbocycles. The van der Waals surface area contributed by atoms with Gasteiger partial charge in [-0.1, -0.05) is 19.1 Å². The van der Waals surface area contributed by atoms with Crippen LogP contribution in [0.25, 0.3) is 20.2 Å². The van der Waals surface area contributed by atoms with Gasteiger partial charge in [0.05, 0.1) is 0 Å². The molecule has 0 spiro atoms. The summed E-state index contributed by atoms with van der Waals surface area (Å²) in [5.41, 5.74) is 2.85. The number of aryl methyl sites for hydroxylation is 1. The molecule has 1 aromatic carbocycles. The minimum Gasteiger partial charge on any atom is -0.477 e. The van der Waals surface area contributed by atoms with Crippen LogP contribution in [0.2, 0.25) is 0 Å². The highest BCUT2D eigenvalue weighted by atomic mass is 32.1. The van der Waals surface area contributed by atoms with Gasteiger partial charge in [-0.15, -0.1) is 22.7 Å². The van der Waals surface area contributed by atoms with Gasteiger partial charge in [0.2, 0.25) is 0 Å². The van der Waals surface area contributed by atoms with Gasteiger partial charge in [0.1, 0.15) is 11.2 Å². The minimum absolute atomic E-state index is 0.346. The molecule has 0 radical (unpaired) electrons. The van der Waals surface area contributed by atoms with Gasteiger partial charge in [-0.3, -0.25) is 4.79 Å². The summed E-state index contributed by atoms with van der Waals surface area (Å²) in [6, 6.07) is 13.4. The molecule has 2 heterocycles. The number of hydrogen-bond donors (Lipinski definition) is 1. The molecular formula is C18H14O3S2. The number of carboxylic acids is 1. The zero-order chi connectivity index (χ0) is 16.4. The minimum atomic E-state index is -0.893. The Morgan fingerprint density at radius 3 is 2.39 bits per heavy atom. The fraction of sp³-hybridized carbons (Fsp3) is 0.111. The van der Waals surface area contributed by atoms with Crippen LogP contribution in [-0.4, -0.2) is 17.4 Å². The molecule has 3 rings (SSSR count). The van der Waals surface area contributed by atoms with Crippen molar-refractivity contribution in [3.05, 3.63) is 58.5 Å². The maximum atomic E-state index is 11.0. The number of aromatic carboxylic acids is 1. The number of hydrogen-bond acceptors (Lipinski definition) is 4. The van der Waals surface area contributed by atoms with Crippen LogP contribution in [-0.2, 0) is 6.42 Å². The largest absolute Gasteiger partial charge is 0.477 e. The highest BCUT2D eigenvalue weighted by Gasteiger charge is 2.11. The average Bonchev–Trinajstić information content (AvgIpc) is 3.23. The summed E-state index contributed by atoms with van der Waals surface area (Å²) in [6.07, 6.45) is 1.70. The van der Waals surface area contributed by atoms with E-state index in [4.69, 9.17) is 5.11 Å². The van der Waals surface area contributed by atoms with Crippen molar-refractivity contribution in [2.24, 2.45) is 0 Å². The monoisotopic (exact) mass is 342 g/mol. The van der Waals surface area contributed by atoms with E-state index in [0.717, 1.165) is 44.0 Å². The molecule has 5 heteroatoms. The molecule has 0 aliphatic heterocycles. The molecule has 0 atom stereocenters. The SMILES string of the molecule is CCc1cc(-c2ccc(-c3ccc(C(=O)O)s3)s2)ccc1C=O. The van der Waals surface area contributed by atoms with Crippen molar-refractivity contribution in [3.63, 3.8) is 0 Å². The first-order valence-corrected chi connectivity index (χ1v) is 8.77. The number of rotatable bonds is 5. The van der Waals surface area contributed by atoms with Crippen LogP contribution in [0.5, 0.6) is 0 Å². The summed E-state index contributed by atoms with van der Waals surface area (Å²) in [6.45, 7) is 2.03. The molecular weight excluding hydrogens is 328 g/mol. The quantitative estimate of drug-likeness (QED) is 0.647. The topological polar surface area (TPSA) is 54.4 Å². The Balaban J connectivity index is 1.95. The molecule has 0 saturated carbocycles. The molecule has 116 valence electrons. The van der Waals surface area contributed by atoms with Crippen LogP contribution in [0.4, 0.5) is 0 Å². The van der Waals surface area contributed by atoms with Gasteiger partial charge in [-0.25, -0.2) is 4.79 Å².